The van der Waals surface area contributed by atoms with Crippen molar-refractivity contribution < 1.29 is 0 Å². The van der Waals surface area contributed by atoms with Crippen molar-refractivity contribution in [1.82, 2.24) is 9.47 Å². The van der Waals surface area contributed by atoms with Crippen molar-refractivity contribution in [3.63, 3.8) is 0 Å². The summed E-state index contributed by atoms with van der Waals surface area (Å²) >= 11 is 0. The minimum Gasteiger partial charge on any atom is -0.398 e. The molecule has 5 heteroatoms. The number of nitrogens with zero attached hydrogens (tertiary/aromatic N) is 3. The van der Waals surface area contributed by atoms with Crippen molar-refractivity contribution in [2.45, 2.75) is 100.0 Å². The number of anilines is 1. The monoisotopic (exact) mass is 676 g/mol. The summed E-state index contributed by atoms with van der Waals surface area (Å²) in [5.41, 5.74) is 18.1. The van der Waals surface area contributed by atoms with Gasteiger partial charge in [0.2, 0.25) is 0 Å². The van der Waals surface area contributed by atoms with E-state index < -0.39 is 0 Å². The average Bonchev–Trinajstić information content (AvgIpc) is 3.40. The summed E-state index contributed by atoms with van der Waals surface area (Å²) in [6.45, 7) is 29.1. The van der Waals surface area contributed by atoms with Gasteiger partial charge in [-0.25, -0.2) is 0 Å². The van der Waals surface area contributed by atoms with Crippen LogP contribution >= 0.6 is 0 Å². The molecule has 5 nitrogen and oxygen atoms in total. The topological polar surface area (TPSA) is 84.0 Å². The molecule has 0 saturated heterocycles. The molecule has 0 spiro atoms. The Morgan fingerprint density at radius 2 is 1.32 bits per heavy atom. The molecule has 1 aromatic heterocycles. The van der Waals surface area contributed by atoms with Gasteiger partial charge in [-0.05, 0) is 35.6 Å². The van der Waals surface area contributed by atoms with E-state index in [0.717, 1.165) is 57.7 Å². The number of rotatable bonds is 10. The first-order valence-corrected chi connectivity index (χ1v) is 18.2. The molecule has 3 aromatic carbocycles. The van der Waals surface area contributed by atoms with Crippen LogP contribution < -0.4 is 22.2 Å². The summed E-state index contributed by atoms with van der Waals surface area (Å²) in [6.07, 6.45) is 12.3. The van der Waals surface area contributed by atoms with Crippen LogP contribution in [-0.4, -0.2) is 16.5 Å². The van der Waals surface area contributed by atoms with Crippen molar-refractivity contribution in [3.8, 4) is 6.19 Å². The Bertz CT molecular complexity index is 1680. The molecule has 0 fully saturated rings. The highest BCUT2D eigenvalue weighted by molar-refractivity contribution is 5.93. The van der Waals surface area contributed by atoms with Crippen molar-refractivity contribution in [2.75, 3.05) is 12.8 Å². The number of hydrogen-bond acceptors (Lipinski definition) is 4. The molecule has 0 aliphatic rings. The molecule has 4 aromatic rings. The summed E-state index contributed by atoms with van der Waals surface area (Å²) in [4.78, 5) is 1.52. The largest absolute Gasteiger partial charge is 0.398 e. The van der Waals surface area contributed by atoms with Gasteiger partial charge in [-0.1, -0.05) is 186 Å². The Kier molecular flexibility index (Phi) is 23.4. The van der Waals surface area contributed by atoms with Crippen LogP contribution in [0.5, 0.6) is 0 Å². The van der Waals surface area contributed by atoms with Crippen molar-refractivity contribution in [2.24, 2.45) is 5.73 Å². The number of allylic oxidation sites excluding steroid dienone is 4. The van der Waals surface area contributed by atoms with Crippen LogP contribution in [0, 0.1) is 11.5 Å². The van der Waals surface area contributed by atoms with Crippen LogP contribution in [0.2, 0.25) is 0 Å². The Morgan fingerprint density at radius 1 is 0.820 bits per heavy atom. The smallest absolute Gasteiger partial charge is 0.183 e. The highest BCUT2D eigenvalue weighted by Crippen LogP contribution is 2.26. The van der Waals surface area contributed by atoms with Gasteiger partial charge in [0, 0.05) is 34.2 Å². The van der Waals surface area contributed by atoms with Crippen molar-refractivity contribution in [3.05, 3.63) is 136 Å². The zero-order valence-electron chi connectivity index (χ0n) is 32.6. The Balaban J connectivity index is 0.000000828. The number of aromatic nitrogens is 1. The maximum atomic E-state index is 8.87. The summed E-state index contributed by atoms with van der Waals surface area (Å²) in [7, 11) is 1.73. The fourth-order valence-electron chi connectivity index (χ4n) is 5.19. The van der Waals surface area contributed by atoms with E-state index in [4.69, 9.17) is 16.7 Å². The van der Waals surface area contributed by atoms with Crippen LogP contribution in [0.1, 0.15) is 111 Å². The van der Waals surface area contributed by atoms with Crippen LogP contribution in [-0.2, 0) is 0 Å². The molecule has 0 atom stereocenters. The van der Waals surface area contributed by atoms with E-state index in [1.54, 1.807) is 13.1 Å². The highest BCUT2D eigenvalue weighted by atomic mass is 15.1. The summed E-state index contributed by atoms with van der Waals surface area (Å²) < 4.78 is 2.20. The minimum absolute atomic E-state index is 0.00852. The quantitative estimate of drug-likeness (QED) is 0.0758. The predicted molar refractivity (Wildman–Crippen MR) is 223 cm³/mol. The van der Waals surface area contributed by atoms with E-state index in [-0.39, 0.29) is 6.04 Å². The molecule has 0 unspecified atom stereocenters. The third kappa shape index (κ3) is 13.2. The zero-order chi connectivity index (χ0) is 38.1. The van der Waals surface area contributed by atoms with Crippen molar-refractivity contribution in [1.29, 1.82) is 5.26 Å². The van der Waals surface area contributed by atoms with Gasteiger partial charge in [-0.2, -0.15) is 5.26 Å². The van der Waals surface area contributed by atoms with Crippen molar-refractivity contribution >= 4 is 29.6 Å². The third-order valence-electron chi connectivity index (χ3n) is 7.65. The number of nitrogens with two attached hydrogens (primary N) is 2. The third-order valence-corrected chi connectivity index (χ3v) is 7.65. The molecule has 0 saturated carbocycles. The van der Waals surface area contributed by atoms with E-state index in [1.165, 1.54) is 35.3 Å². The van der Waals surface area contributed by atoms with Gasteiger partial charge in [0.15, 0.2) is 6.19 Å². The van der Waals surface area contributed by atoms with Crippen LogP contribution in [0.25, 0.3) is 23.9 Å². The Labute approximate surface area is 304 Å². The number of benzene rings is 3. The lowest BCUT2D eigenvalue weighted by atomic mass is 9.98. The van der Waals surface area contributed by atoms with E-state index in [0.29, 0.717) is 5.70 Å². The number of hydrogen-bond donors (Lipinski definition) is 2. The molecule has 4 rings (SSSR count). The van der Waals surface area contributed by atoms with Gasteiger partial charge < -0.3 is 16.0 Å². The number of nitriles is 1. The van der Waals surface area contributed by atoms with Gasteiger partial charge in [0.1, 0.15) is 0 Å². The normalized spacial score (nSPS) is 10.8. The molecule has 0 bridgehead atoms. The molecule has 50 heavy (non-hydrogen) atoms. The second-order valence-corrected chi connectivity index (χ2v) is 11.5. The van der Waals surface area contributed by atoms with E-state index >= 15 is 0 Å². The Morgan fingerprint density at radius 3 is 1.70 bits per heavy atom. The van der Waals surface area contributed by atoms with Gasteiger partial charge in [-0.15, -0.1) is 0 Å². The summed E-state index contributed by atoms with van der Waals surface area (Å²) in [5.74, 6) is 0. The first-order chi connectivity index (χ1) is 24.1. The first kappa shape index (κ1) is 45.1. The van der Waals surface area contributed by atoms with Gasteiger partial charge in [0.25, 0.3) is 0 Å². The number of unbranched alkanes of at least 4 members (excludes halogenated alkanes) is 1. The molecule has 0 radical (unpaired) electrons. The molecule has 1 heterocycles. The minimum atomic E-state index is 0.00852. The number of nitrogen functional groups attached to an aromatic ring is 1. The molecule has 0 amide bonds. The fourth-order valence-corrected chi connectivity index (χ4v) is 5.19. The first-order valence-electron chi connectivity index (χ1n) is 18.2. The van der Waals surface area contributed by atoms with E-state index in [2.05, 4.69) is 120 Å². The maximum Gasteiger partial charge on any atom is 0.183 e. The lowest BCUT2D eigenvalue weighted by Gasteiger charge is -2.21. The van der Waals surface area contributed by atoms with E-state index in [9.17, 15) is 0 Å². The highest BCUT2D eigenvalue weighted by Gasteiger charge is 2.19. The summed E-state index contributed by atoms with van der Waals surface area (Å²) in [5, 5.41) is 12.8. The number of fused-ring (bicyclic) bond motifs is 1. The lowest BCUT2D eigenvalue weighted by Crippen LogP contribution is -2.31. The molecule has 4 N–H and O–H groups in total. The van der Waals surface area contributed by atoms with Crippen LogP contribution in [0.15, 0.2) is 115 Å². The Hall–Kier alpha value is -4.95. The van der Waals surface area contributed by atoms with Crippen LogP contribution in [0.4, 0.5) is 5.69 Å². The predicted octanol–water partition coefficient (Wildman–Crippen LogP) is 10.8. The van der Waals surface area contributed by atoms with E-state index in [1.807, 2.05) is 51.1 Å². The van der Waals surface area contributed by atoms with Crippen LogP contribution in [0.3, 0.4) is 0 Å². The van der Waals surface area contributed by atoms with Gasteiger partial charge in [0.05, 0.1) is 17.4 Å². The molecule has 0 aliphatic heterocycles. The molecule has 0 aliphatic carbocycles. The lowest BCUT2D eigenvalue weighted by molar-refractivity contribution is 0.555. The SMILES string of the molecule is C=C/C=C(CCC)\C(N)=C(\CC)N(C)C#N.C=c1c2cccc(N)c2c(=C)n1C(c1ccccc1)c1ccccc1.CC.CCC.CCCC. The second kappa shape index (κ2) is 26.0. The second-order valence-electron chi connectivity index (χ2n) is 11.5. The average molecular weight is 676 g/mol. The van der Waals surface area contributed by atoms with Gasteiger partial charge >= 0.3 is 0 Å². The molecular formula is C45H65N5. The maximum absolute atomic E-state index is 8.87. The summed E-state index contributed by atoms with van der Waals surface area (Å²) in [6, 6.07) is 26.9. The standard InChI is InChI=1S/C23H20N2.C13H21N3.C4H10.C3H8.C2H6/c1-16-20-14-9-15-21(24)22(20)17(2)25(16)23(18-10-5-3-6-11-18)19-12-7-4-8-13-19;1-5-8-11(9-6-2)13(15)12(7-3)16(4)10-14;1-3-4-2;1-3-2;1-2/h3-15,23H,1-2,24H2;5,8H,1,6-7,9,15H2,2-4H3;3-4H2,1-2H3;3H2,1-2H3;1-2H3/b;11-8-,13-12+;;;. The van der Waals surface area contributed by atoms with Gasteiger partial charge in [-0.3, -0.25) is 4.90 Å². The fraction of sp³-hybridized carbons (Fsp3) is 0.356. The molecular weight excluding hydrogens is 611 g/mol. The zero-order valence-corrected chi connectivity index (χ0v) is 32.6. The molecule has 270 valence electrons.